The van der Waals surface area contributed by atoms with Crippen LogP contribution in [0.3, 0.4) is 0 Å². The Kier molecular flexibility index (Phi) is 7.47. The molecule has 1 N–H and O–H groups in total. The van der Waals surface area contributed by atoms with Gasteiger partial charge in [0.2, 0.25) is 17.6 Å². The highest BCUT2D eigenvalue weighted by atomic mass is 16.5. The van der Waals surface area contributed by atoms with Gasteiger partial charge in [-0.3, -0.25) is 9.59 Å². The van der Waals surface area contributed by atoms with Gasteiger partial charge in [-0.15, -0.1) is 0 Å². The van der Waals surface area contributed by atoms with Crippen molar-refractivity contribution in [2.75, 3.05) is 40.2 Å². The van der Waals surface area contributed by atoms with Crippen LogP contribution in [0, 0.1) is 13.8 Å². The number of hydrogen-bond donors (Lipinski definition) is 1. The van der Waals surface area contributed by atoms with Gasteiger partial charge in [-0.2, -0.15) is 0 Å². The molecule has 2 rings (SSSR count). The molecule has 0 radical (unpaired) electrons. The van der Waals surface area contributed by atoms with Crippen molar-refractivity contribution in [1.29, 1.82) is 0 Å². The Balaban J connectivity index is 2.07. The van der Waals surface area contributed by atoms with Gasteiger partial charge >= 0.3 is 0 Å². The maximum Gasteiger partial charge on any atom is 0.243 e. The highest BCUT2D eigenvalue weighted by Gasteiger charge is 2.20. The monoisotopic (exact) mass is 400 g/mol. The number of methoxy groups -OCH3 is 3. The van der Waals surface area contributed by atoms with Crippen molar-refractivity contribution < 1.29 is 23.8 Å². The number of rotatable bonds is 8. The van der Waals surface area contributed by atoms with Gasteiger partial charge in [0.15, 0.2) is 11.5 Å². The van der Waals surface area contributed by atoms with E-state index in [9.17, 15) is 9.59 Å². The Morgan fingerprint density at radius 1 is 0.966 bits per heavy atom. The van der Waals surface area contributed by atoms with Gasteiger partial charge in [-0.05, 0) is 37.1 Å². The number of aryl methyl sites for hydroxylation is 2. The number of amides is 2. The average molecular weight is 400 g/mol. The van der Waals surface area contributed by atoms with Gasteiger partial charge in [-0.25, -0.2) is 0 Å². The predicted octanol–water partition coefficient (Wildman–Crippen LogP) is 2.97. The summed E-state index contributed by atoms with van der Waals surface area (Å²) in [6, 6.07) is 9.31. The molecule has 0 spiro atoms. The van der Waals surface area contributed by atoms with E-state index < -0.39 is 0 Å². The van der Waals surface area contributed by atoms with Gasteiger partial charge in [0.1, 0.15) is 0 Å². The van der Waals surface area contributed by atoms with E-state index in [1.807, 2.05) is 32.0 Å². The molecule has 0 aliphatic heterocycles. The molecule has 2 aromatic rings. The van der Waals surface area contributed by atoms with Gasteiger partial charge in [-0.1, -0.05) is 18.2 Å². The summed E-state index contributed by atoms with van der Waals surface area (Å²) in [5.41, 5.74) is 3.42. The molecule has 0 fully saturated rings. The van der Waals surface area contributed by atoms with Crippen LogP contribution >= 0.6 is 0 Å². The molecule has 7 nitrogen and oxygen atoms in total. The molecule has 156 valence electrons. The lowest BCUT2D eigenvalue weighted by molar-refractivity contribution is -0.132. The minimum Gasteiger partial charge on any atom is -0.493 e. The first-order chi connectivity index (χ1) is 13.8. The number of nitrogens with one attached hydrogen (secondary N) is 1. The number of nitrogens with zero attached hydrogens (tertiary/aromatic N) is 1. The minimum atomic E-state index is -0.256. The maximum absolute atomic E-state index is 12.7. The van der Waals surface area contributed by atoms with Crippen LogP contribution in [0.1, 0.15) is 16.7 Å². The van der Waals surface area contributed by atoms with E-state index >= 15 is 0 Å². The maximum atomic E-state index is 12.7. The zero-order chi connectivity index (χ0) is 21.6. The summed E-state index contributed by atoms with van der Waals surface area (Å²) >= 11 is 0. The van der Waals surface area contributed by atoms with Crippen LogP contribution in [-0.2, 0) is 16.0 Å². The lowest BCUT2D eigenvalue weighted by Gasteiger charge is -2.19. The molecule has 0 heterocycles. The molecule has 2 aromatic carbocycles. The van der Waals surface area contributed by atoms with Crippen LogP contribution in [0.2, 0.25) is 0 Å². The second-order valence-electron chi connectivity index (χ2n) is 6.79. The lowest BCUT2D eigenvalue weighted by Crippen LogP contribution is -2.36. The number of hydrogen-bond acceptors (Lipinski definition) is 5. The van der Waals surface area contributed by atoms with E-state index in [0.29, 0.717) is 22.8 Å². The Bertz CT molecular complexity index is 895. The molecule has 2 amide bonds. The first-order valence-corrected chi connectivity index (χ1v) is 9.19. The highest BCUT2D eigenvalue weighted by molar-refractivity contribution is 5.95. The summed E-state index contributed by atoms with van der Waals surface area (Å²) in [6.45, 7) is 3.83. The van der Waals surface area contributed by atoms with Crippen LogP contribution in [0.5, 0.6) is 17.2 Å². The standard InChI is InChI=1S/C22H28N2O5/c1-14-7-8-15(2)17(11-14)23-19(25)13-24(3)20(26)12-16-9-10-18(27-4)22(29-6)21(16)28-5/h7-11H,12-13H2,1-6H3,(H,23,25). The molecule has 0 aliphatic rings. The molecule has 0 saturated carbocycles. The van der Waals surface area contributed by atoms with Gasteiger partial charge in [0, 0.05) is 18.3 Å². The van der Waals surface area contributed by atoms with E-state index in [1.165, 1.54) is 26.2 Å². The van der Waals surface area contributed by atoms with E-state index in [1.54, 1.807) is 19.2 Å². The lowest BCUT2D eigenvalue weighted by atomic mass is 10.1. The highest BCUT2D eigenvalue weighted by Crippen LogP contribution is 2.40. The molecule has 0 bridgehead atoms. The molecule has 7 heteroatoms. The number of carbonyl (C=O) groups excluding carboxylic acids is 2. The Labute approximate surface area is 171 Å². The van der Waals surface area contributed by atoms with E-state index in [0.717, 1.165) is 16.8 Å². The van der Waals surface area contributed by atoms with Crippen LogP contribution in [0.4, 0.5) is 5.69 Å². The zero-order valence-electron chi connectivity index (χ0n) is 17.8. The minimum absolute atomic E-state index is 0.0537. The van der Waals surface area contributed by atoms with Crippen LogP contribution < -0.4 is 19.5 Å². The molecule has 0 aromatic heterocycles. The molecule has 0 unspecified atom stereocenters. The first-order valence-electron chi connectivity index (χ1n) is 9.19. The fraction of sp³-hybridized carbons (Fsp3) is 0.364. The number of ether oxygens (including phenoxy) is 3. The van der Waals surface area contributed by atoms with Crippen molar-refractivity contribution in [3.05, 3.63) is 47.0 Å². The van der Waals surface area contributed by atoms with E-state index in [2.05, 4.69) is 5.32 Å². The van der Waals surface area contributed by atoms with Crippen molar-refractivity contribution in [2.45, 2.75) is 20.3 Å². The van der Waals surface area contributed by atoms with Gasteiger partial charge in [0.05, 0.1) is 34.3 Å². The number of anilines is 1. The molecule has 0 atom stereocenters. The van der Waals surface area contributed by atoms with Crippen LogP contribution in [0.25, 0.3) is 0 Å². The SMILES string of the molecule is COc1ccc(CC(=O)N(C)CC(=O)Nc2cc(C)ccc2C)c(OC)c1OC. The number of carbonyl (C=O) groups is 2. The second-order valence-corrected chi connectivity index (χ2v) is 6.79. The van der Waals surface area contributed by atoms with Crippen molar-refractivity contribution in [3.63, 3.8) is 0 Å². The molecular formula is C22H28N2O5. The van der Waals surface area contributed by atoms with E-state index in [4.69, 9.17) is 14.2 Å². The van der Waals surface area contributed by atoms with Crippen molar-refractivity contribution in [2.24, 2.45) is 0 Å². The largest absolute Gasteiger partial charge is 0.493 e. The first kappa shape index (κ1) is 22.1. The topological polar surface area (TPSA) is 77.1 Å². The summed E-state index contributed by atoms with van der Waals surface area (Å²) in [4.78, 5) is 26.4. The summed E-state index contributed by atoms with van der Waals surface area (Å²) in [5.74, 6) is 0.909. The van der Waals surface area contributed by atoms with Crippen molar-refractivity contribution >= 4 is 17.5 Å². The fourth-order valence-electron chi connectivity index (χ4n) is 2.96. The molecule has 0 saturated heterocycles. The fourth-order valence-corrected chi connectivity index (χ4v) is 2.96. The summed E-state index contributed by atoms with van der Waals surface area (Å²) in [6.07, 6.45) is 0.0663. The smallest absolute Gasteiger partial charge is 0.243 e. The number of likely N-dealkylation sites (N-methyl/N-ethyl adjacent to an activating group) is 1. The summed E-state index contributed by atoms with van der Waals surface area (Å²) < 4.78 is 16.0. The normalized spacial score (nSPS) is 10.3. The number of benzene rings is 2. The molecule has 0 aliphatic carbocycles. The summed E-state index contributed by atoms with van der Waals surface area (Å²) in [5, 5.41) is 2.86. The predicted molar refractivity (Wildman–Crippen MR) is 112 cm³/mol. The Morgan fingerprint density at radius 2 is 1.66 bits per heavy atom. The third-order valence-corrected chi connectivity index (χ3v) is 4.60. The molecular weight excluding hydrogens is 372 g/mol. The third kappa shape index (κ3) is 5.40. The van der Waals surface area contributed by atoms with Crippen molar-refractivity contribution in [1.82, 2.24) is 4.90 Å². The molecule has 29 heavy (non-hydrogen) atoms. The third-order valence-electron chi connectivity index (χ3n) is 4.60. The zero-order valence-corrected chi connectivity index (χ0v) is 17.8. The quantitative estimate of drug-likeness (QED) is 0.737. The van der Waals surface area contributed by atoms with Gasteiger partial charge < -0.3 is 24.4 Å². The van der Waals surface area contributed by atoms with Gasteiger partial charge in [0.25, 0.3) is 0 Å². The Morgan fingerprint density at radius 3 is 2.28 bits per heavy atom. The van der Waals surface area contributed by atoms with E-state index in [-0.39, 0.29) is 24.8 Å². The van der Waals surface area contributed by atoms with Crippen LogP contribution in [0.15, 0.2) is 30.3 Å². The second kappa shape index (κ2) is 9.82. The van der Waals surface area contributed by atoms with Crippen LogP contribution in [-0.4, -0.2) is 51.6 Å². The summed E-state index contributed by atoms with van der Waals surface area (Å²) in [7, 11) is 6.14. The average Bonchev–Trinajstić information content (AvgIpc) is 2.69. The Hall–Kier alpha value is -3.22. The van der Waals surface area contributed by atoms with Crippen molar-refractivity contribution in [3.8, 4) is 17.2 Å².